The number of benzene rings is 3. The molecule has 8 nitrogen and oxygen atoms in total. The highest BCUT2D eigenvalue weighted by atomic mass is 16.7. The summed E-state index contributed by atoms with van der Waals surface area (Å²) in [5.41, 5.74) is 4.28. The van der Waals surface area contributed by atoms with Crippen molar-refractivity contribution in [3.8, 4) is 0 Å². The van der Waals surface area contributed by atoms with Crippen LogP contribution in [0.25, 0.3) is 0 Å². The van der Waals surface area contributed by atoms with Gasteiger partial charge in [-0.05, 0) is 68.1 Å². The van der Waals surface area contributed by atoms with E-state index in [1.165, 1.54) is 39.0 Å². The van der Waals surface area contributed by atoms with Gasteiger partial charge in [-0.1, -0.05) is 92.9 Å². The zero-order chi connectivity index (χ0) is 31.6. The lowest BCUT2D eigenvalue weighted by Crippen LogP contribution is -2.45. The van der Waals surface area contributed by atoms with E-state index in [-0.39, 0.29) is 30.5 Å². The van der Waals surface area contributed by atoms with Crippen molar-refractivity contribution in [1.29, 1.82) is 0 Å². The molecule has 0 radical (unpaired) electrons. The molecule has 45 heavy (non-hydrogen) atoms. The van der Waals surface area contributed by atoms with Crippen LogP contribution < -0.4 is 10.6 Å². The summed E-state index contributed by atoms with van der Waals surface area (Å²) >= 11 is 0. The molecule has 2 fully saturated rings. The molecule has 2 saturated heterocycles. The molecule has 2 heterocycles. The molecule has 3 aromatic carbocycles. The highest BCUT2D eigenvalue weighted by Crippen LogP contribution is 2.42. The molecule has 0 aliphatic carbocycles. The zero-order valence-electron chi connectivity index (χ0n) is 26.5. The van der Waals surface area contributed by atoms with Crippen LogP contribution in [0.4, 0.5) is 10.5 Å². The fourth-order valence-corrected chi connectivity index (χ4v) is 6.31. The summed E-state index contributed by atoms with van der Waals surface area (Å²) in [6.45, 7) is 6.67. The third-order valence-electron chi connectivity index (χ3n) is 9.01. The van der Waals surface area contributed by atoms with Crippen LogP contribution in [-0.4, -0.2) is 53.6 Å². The minimum atomic E-state index is -0.635. The fourth-order valence-electron chi connectivity index (χ4n) is 6.31. The first-order chi connectivity index (χ1) is 21.9. The summed E-state index contributed by atoms with van der Waals surface area (Å²) in [6, 6.07) is 24.0. The van der Waals surface area contributed by atoms with E-state index in [0.29, 0.717) is 12.1 Å². The molecule has 0 saturated carbocycles. The molecule has 2 aliphatic rings. The second-order valence-electron chi connectivity index (χ2n) is 12.5. The third-order valence-corrected chi connectivity index (χ3v) is 9.01. The molecule has 8 heteroatoms. The SMILES string of the molecule is CC(=O)C(Cc1ccccc1)NC(=O)Nc1cccc(C2OC(CN3CCCCCCC3)C(C)C(c3ccc(CO)cc3)O2)c1. The Bertz CT molecular complexity index is 1370. The van der Waals surface area contributed by atoms with E-state index < -0.39 is 18.4 Å². The number of urea groups is 1. The van der Waals surface area contributed by atoms with Crippen molar-refractivity contribution < 1.29 is 24.2 Å². The van der Waals surface area contributed by atoms with Gasteiger partial charge in [-0.15, -0.1) is 0 Å². The normalized spacial score (nSPS) is 23.4. The molecule has 0 aromatic heterocycles. The van der Waals surface area contributed by atoms with Crippen molar-refractivity contribution in [2.45, 2.75) is 83.5 Å². The van der Waals surface area contributed by atoms with Crippen LogP contribution in [-0.2, 0) is 27.3 Å². The van der Waals surface area contributed by atoms with Gasteiger partial charge < -0.3 is 30.1 Å². The maximum atomic E-state index is 13.0. The van der Waals surface area contributed by atoms with Crippen molar-refractivity contribution >= 4 is 17.5 Å². The molecule has 3 N–H and O–H groups in total. The molecule has 2 aliphatic heterocycles. The molecule has 0 bridgehead atoms. The van der Waals surface area contributed by atoms with Gasteiger partial charge in [0.25, 0.3) is 0 Å². The first-order valence-corrected chi connectivity index (χ1v) is 16.3. The number of Topliss-reactive ketones (excluding diaryl/α,β-unsaturated/α-hetero) is 1. The predicted molar refractivity (Wildman–Crippen MR) is 176 cm³/mol. The van der Waals surface area contributed by atoms with E-state index in [9.17, 15) is 14.7 Å². The smallest absolute Gasteiger partial charge is 0.319 e. The summed E-state index contributed by atoms with van der Waals surface area (Å²) in [5.74, 6) is -0.00287. The van der Waals surface area contributed by atoms with E-state index in [2.05, 4.69) is 22.5 Å². The molecule has 240 valence electrons. The molecular weight excluding hydrogens is 566 g/mol. The van der Waals surface area contributed by atoms with E-state index in [1.54, 1.807) is 0 Å². The van der Waals surface area contributed by atoms with E-state index in [1.807, 2.05) is 78.9 Å². The lowest BCUT2D eigenvalue weighted by atomic mass is 9.89. The van der Waals surface area contributed by atoms with Crippen molar-refractivity contribution in [3.05, 3.63) is 101 Å². The molecule has 3 aromatic rings. The number of nitrogens with one attached hydrogen (secondary N) is 2. The van der Waals surface area contributed by atoms with Crippen LogP contribution >= 0.6 is 0 Å². The molecule has 5 rings (SSSR count). The number of nitrogens with zero attached hydrogens (tertiary/aromatic N) is 1. The minimum absolute atomic E-state index is 0.00251. The number of aliphatic hydroxyl groups is 1. The Hall–Kier alpha value is -3.56. The second kappa shape index (κ2) is 16.1. The van der Waals surface area contributed by atoms with Gasteiger partial charge in [0.15, 0.2) is 12.1 Å². The maximum Gasteiger partial charge on any atom is 0.319 e. The predicted octanol–water partition coefficient (Wildman–Crippen LogP) is 6.56. The summed E-state index contributed by atoms with van der Waals surface area (Å²) in [6.07, 6.45) is 5.81. The van der Waals surface area contributed by atoms with E-state index in [0.717, 1.165) is 41.9 Å². The van der Waals surface area contributed by atoms with Crippen LogP contribution in [0.15, 0.2) is 78.9 Å². The molecule has 5 unspecified atom stereocenters. The largest absolute Gasteiger partial charge is 0.392 e. The highest BCUT2D eigenvalue weighted by Gasteiger charge is 2.39. The summed E-state index contributed by atoms with van der Waals surface area (Å²) < 4.78 is 13.4. The number of likely N-dealkylation sites (tertiary alicyclic amines) is 1. The quantitative estimate of drug-likeness (QED) is 0.240. The van der Waals surface area contributed by atoms with Gasteiger partial charge in [0, 0.05) is 23.7 Å². The topological polar surface area (TPSA) is 100 Å². The first-order valence-electron chi connectivity index (χ1n) is 16.3. The van der Waals surface area contributed by atoms with Gasteiger partial charge in [0.1, 0.15) is 0 Å². The Labute approximate surface area is 267 Å². The first kappa shape index (κ1) is 32.8. The minimum Gasteiger partial charge on any atom is -0.392 e. The van der Waals surface area contributed by atoms with Crippen LogP contribution in [0.3, 0.4) is 0 Å². The number of hydrogen-bond acceptors (Lipinski definition) is 6. The molecule has 5 atom stereocenters. The Morgan fingerprint density at radius 2 is 1.58 bits per heavy atom. The van der Waals surface area contributed by atoms with Gasteiger partial charge in [-0.25, -0.2) is 4.79 Å². The third kappa shape index (κ3) is 9.23. The Balaban J connectivity index is 1.31. The zero-order valence-corrected chi connectivity index (χ0v) is 26.5. The van der Waals surface area contributed by atoms with Crippen molar-refractivity contribution in [3.63, 3.8) is 0 Å². The lowest BCUT2D eigenvalue weighted by Gasteiger charge is -2.43. The number of ketones is 1. The second-order valence-corrected chi connectivity index (χ2v) is 12.5. The molecular formula is C37H47N3O5. The molecule has 2 amide bonds. The number of anilines is 1. The van der Waals surface area contributed by atoms with Crippen molar-refractivity contribution in [2.24, 2.45) is 5.92 Å². The van der Waals surface area contributed by atoms with Gasteiger partial charge in [0.05, 0.1) is 24.9 Å². The number of hydrogen-bond donors (Lipinski definition) is 3. The summed E-state index contributed by atoms with van der Waals surface area (Å²) in [4.78, 5) is 27.9. The van der Waals surface area contributed by atoms with Gasteiger partial charge >= 0.3 is 6.03 Å². The summed E-state index contributed by atoms with van der Waals surface area (Å²) in [5, 5.41) is 15.3. The number of carbonyl (C=O) groups is 2. The highest BCUT2D eigenvalue weighted by molar-refractivity contribution is 5.93. The number of amides is 2. The van der Waals surface area contributed by atoms with Crippen LogP contribution in [0.2, 0.25) is 0 Å². The van der Waals surface area contributed by atoms with Crippen LogP contribution in [0, 0.1) is 5.92 Å². The van der Waals surface area contributed by atoms with E-state index in [4.69, 9.17) is 9.47 Å². The fraction of sp³-hybridized carbons (Fsp3) is 0.459. The van der Waals surface area contributed by atoms with Gasteiger partial charge in [-0.3, -0.25) is 4.79 Å². The van der Waals surface area contributed by atoms with Gasteiger partial charge in [-0.2, -0.15) is 0 Å². The standard InChI is InChI=1S/C37H47N3O5/c1-26-34(24-40-20-9-4-3-5-10-21-40)44-36(45-35(26)30-18-16-29(25-41)17-19-30)31-14-11-15-32(23-31)38-37(43)39-33(27(2)42)22-28-12-7-6-8-13-28/h6-8,11-19,23,26,33-36,41H,3-5,9-10,20-22,24-25H2,1-2H3,(H2,38,39,43). The van der Waals surface area contributed by atoms with Crippen molar-refractivity contribution in [2.75, 3.05) is 25.0 Å². The van der Waals surface area contributed by atoms with Crippen LogP contribution in [0.5, 0.6) is 0 Å². The number of ether oxygens (including phenoxy) is 2. The number of carbonyl (C=O) groups excluding carboxylic acids is 2. The van der Waals surface area contributed by atoms with Crippen molar-refractivity contribution in [1.82, 2.24) is 10.2 Å². The average molecular weight is 614 g/mol. The maximum absolute atomic E-state index is 13.0. The monoisotopic (exact) mass is 613 g/mol. The number of rotatable bonds is 10. The Morgan fingerprint density at radius 1 is 0.867 bits per heavy atom. The summed E-state index contributed by atoms with van der Waals surface area (Å²) in [7, 11) is 0. The Morgan fingerprint density at radius 3 is 2.27 bits per heavy atom. The van der Waals surface area contributed by atoms with Crippen LogP contribution in [0.1, 0.15) is 80.6 Å². The van der Waals surface area contributed by atoms with Gasteiger partial charge in [0.2, 0.25) is 0 Å². The average Bonchev–Trinajstić information content (AvgIpc) is 3.03. The van der Waals surface area contributed by atoms with E-state index >= 15 is 0 Å². The lowest BCUT2D eigenvalue weighted by molar-refractivity contribution is -0.276. The Kier molecular flexibility index (Phi) is 11.8. The number of aliphatic hydroxyl groups excluding tert-OH is 1. The molecule has 0 spiro atoms.